The van der Waals surface area contributed by atoms with Gasteiger partial charge in [-0.2, -0.15) is 41.6 Å². The van der Waals surface area contributed by atoms with E-state index >= 15 is 0 Å². The number of imidazole rings is 1. The molecule has 1 aromatic carbocycles. The van der Waals surface area contributed by atoms with E-state index in [4.69, 9.17) is 5.73 Å². The van der Waals surface area contributed by atoms with Gasteiger partial charge in [0.2, 0.25) is 17.6 Å². The third-order valence-corrected chi connectivity index (χ3v) is 8.53. The Morgan fingerprint density at radius 2 is 1.80 bits per heavy atom. The predicted octanol–water partition coefficient (Wildman–Crippen LogP) is 3.38. The van der Waals surface area contributed by atoms with Gasteiger partial charge in [0, 0.05) is 11.8 Å². The van der Waals surface area contributed by atoms with Crippen molar-refractivity contribution in [2.45, 2.75) is 48.5 Å². The Morgan fingerprint density at radius 1 is 1.12 bits per heavy atom. The Kier molecular flexibility index (Phi) is 5.83. The van der Waals surface area contributed by atoms with Gasteiger partial charge >= 0.3 is 18.3 Å². The minimum atomic E-state index is -5.60. The molecule has 2 N–H and O–H groups in total. The van der Waals surface area contributed by atoms with Crippen molar-refractivity contribution in [1.29, 1.82) is 5.26 Å². The fraction of sp³-hybridized carbons (Fsp3) is 0.381. The number of nitrogen functional groups attached to an aromatic ring is 1. The van der Waals surface area contributed by atoms with Crippen LogP contribution in [0.4, 0.5) is 36.7 Å². The van der Waals surface area contributed by atoms with Crippen molar-refractivity contribution in [2.24, 2.45) is 5.41 Å². The van der Waals surface area contributed by atoms with Crippen molar-refractivity contribution in [1.82, 2.24) is 23.8 Å². The molecule has 212 valence electrons. The third kappa shape index (κ3) is 4.27. The highest BCUT2D eigenvalue weighted by atomic mass is 32.2. The third-order valence-electron chi connectivity index (χ3n) is 6.76. The number of halogens is 7. The molecule has 2 bridgehead atoms. The molecule has 3 aromatic rings. The first-order valence-corrected chi connectivity index (χ1v) is 12.5. The first kappa shape index (κ1) is 27.5. The standard InChI is InChI=1S/C21H14F7N7O4S/c22-11-2-1-10(12-6-34-16(30)32-14(20(23,24)25)33-17(34)31-12)5-13(11)40(37,38)35(39-15(36)21(26,27)28)19-4-3-18(7-19,8-19)9-29/h1-2,5-6H,3-4,7-8H2,(H2,30,31,32,33). The van der Waals surface area contributed by atoms with E-state index in [1.54, 1.807) is 0 Å². The minimum Gasteiger partial charge on any atom is -0.369 e. The zero-order valence-corrected chi connectivity index (χ0v) is 20.4. The van der Waals surface area contributed by atoms with E-state index in [-0.39, 0.29) is 41.4 Å². The summed E-state index contributed by atoms with van der Waals surface area (Å²) in [5.41, 5.74) is 2.32. The van der Waals surface area contributed by atoms with Crippen LogP contribution in [0, 0.1) is 22.6 Å². The van der Waals surface area contributed by atoms with Crippen LogP contribution in [0.2, 0.25) is 0 Å². The molecule has 0 amide bonds. The molecule has 0 spiro atoms. The molecule has 3 aliphatic carbocycles. The normalized spacial score (nSPS) is 22.8. The first-order valence-electron chi connectivity index (χ1n) is 11.1. The van der Waals surface area contributed by atoms with Gasteiger partial charge in [-0.3, -0.25) is 4.40 Å². The van der Waals surface area contributed by atoms with E-state index in [0.717, 1.165) is 16.7 Å². The summed E-state index contributed by atoms with van der Waals surface area (Å²) in [5, 5.41) is 9.38. The topological polar surface area (TPSA) is 157 Å². The monoisotopic (exact) mass is 593 g/mol. The van der Waals surface area contributed by atoms with Crippen LogP contribution in [0.15, 0.2) is 29.3 Å². The van der Waals surface area contributed by atoms with Crippen LogP contribution in [0.1, 0.15) is 31.5 Å². The number of carbonyl (C=O) groups is 1. The Labute approximate surface area is 219 Å². The lowest BCUT2D eigenvalue weighted by Crippen LogP contribution is -2.58. The molecular weight excluding hydrogens is 579 g/mol. The van der Waals surface area contributed by atoms with Gasteiger partial charge in [0.15, 0.2) is 0 Å². The number of benzene rings is 1. The predicted molar refractivity (Wildman–Crippen MR) is 116 cm³/mol. The Balaban J connectivity index is 1.59. The highest BCUT2D eigenvalue weighted by Gasteiger charge is 2.68. The van der Waals surface area contributed by atoms with E-state index in [2.05, 4.69) is 19.8 Å². The Hall–Kier alpha value is -4.05. The van der Waals surface area contributed by atoms with E-state index in [9.17, 15) is 49.2 Å². The van der Waals surface area contributed by atoms with Crippen LogP contribution in [0.3, 0.4) is 0 Å². The number of sulfonamides is 1. The maximum absolute atomic E-state index is 14.9. The number of hydroxylamine groups is 1. The molecule has 3 fully saturated rings. The van der Waals surface area contributed by atoms with E-state index in [0.29, 0.717) is 12.1 Å². The maximum Gasteiger partial charge on any atom is 0.492 e. The van der Waals surface area contributed by atoms with Crippen LogP contribution in [0.25, 0.3) is 17.0 Å². The van der Waals surface area contributed by atoms with Gasteiger partial charge in [0.25, 0.3) is 10.0 Å². The van der Waals surface area contributed by atoms with E-state index in [1.807, 2.05) is 6.07 Å². The average Bonchev–Trinajstić information content (AvgIpc) is 3.53. The van der Waals surface area contributed by atoms with Gasteiger partial charge < -0.3 is 10.6 Å². The second kappa shape index (κ2) is 8.47. The molecule has 0 radical (unpaired) electrons. The number of nitrogens with zero attached hydrogens (tertiary/aromatic N) is 6. The van der Waals surface area contributed by atoms with Gasteiger partial charge in [0.05, 0.1) is 22.7 Å². The molecule has 6 rings (SSSR count). The molecule has 2 heterocycles. The SMILES string of the molecule is N#CC12CCC(N(OC(=O)C(F)(F)F)S(=O)(=O)c3cc(-c4cn5c(N)nc(C(F)(F)F)nc5n4)ccc3F)(C1)C2. The summed E-state index contributed by atoms with van der Waals surface area (Å²) in [4.78, 5) is 25.0. The van der Waals surface area contributed by atoms with Crippen molar-refractivity contribution in [3.05, 3.63) is 36.0 Å². The number of alkyl halides is 6. The highest BCUT2D eigenvalue weighted by molar-refractivity contribution is 7.89. The summed E-state index contributed by atoms with van der Waals surface area (Å²) in [6.07, 6.45) is -10.1. The number of aromatic nitrogens is 4. The first-order chi connectivity index (χ1) is 18.4. The molecule has 0 unspecified atom stereocenters. The minimum absolute atomic E-state index is 0.102. The second-order valence-corrected chi connectivity index (χ2v) is 11.1. The molecule has 19 heteroatoms. The summed E-state index contributed by atoms with van der Waals surface area (Å²) >= 11 is 0. The zero-order valence-electron chi connectivity index (χ0n) is 19.6. The van der Waals surface area contributed by atoms with Crippen LogP contribution >= 0.6 is 0 Å². The van der Waals surface area contributed by atoms with Crippen molar-refractivity contribution >= 4 is 27.7 Å². The fourth-order valence-corrected chi connectivity index (χ4v) is 6.70. The number of nitriles is 1. The van der Waals surface area contributed by atoms with Crippen molar-refractivity contribution in [3.63, 3.8) is 0 Å². The number of carbonyl (C=O) groups excluding carboxylic acids is 1. The van der Waals surface area contributed by atoms with Crippen LogP contribution in [-0.2, 0) is 25.8 Å². The Morgan fingerprint density at radius 3 is 2.38 bits per heavy atom. The Bertz CT molecular complexity index is 1710. The van der Waals surface area contributed by atoms with Gasteiger partial charge in [-0.1, -0.05) is 0 Å². The number of rotatable bonds is 5. The van der Waals surface area contributed by atoms with E-state index in [1.165, 1.54) is 0 Å². The van der Waals surface area contributed by atoms with Crippen molar-refractivity contribution in [3.8, 4) is 17.3 Å². The summed E-state index contributed by atoms with van der Waals surface area (Å²) in [7, 11) is -5.35. The summed E-state index contributed by atoms with van der Waals surface area (Å²) in [6, 6.07) is 4.24. The van der Waals surface area contributed by atoms with Crippen LogP contribution in [0.5, 0.6) is 0 Å². The number of fused-ring (bicyclic) bond motifs is 2. The number of nitrogens with two attached hydrogens (primary N) is 1. The second-order valence-electron chi connectivity index (χ2n) is 9.42. The highest BCUT2D eigenvalue weighted by Crippen LogP contribution is 2.64. The molecule has 0 saturated heterocycles. The smallest absolute Gasteiger partial charge is 0.369 e. The molecule has 2 aromatic heterocycles. The molecule has 3 saturated carbocycles. The lowest BCUT2D eigenvalue weighted by molar-refractivity contribution is -0.241. The van der Waals surface area contributed by atoms with Gasteiger partial charge in [-0.25, -0.2) is 22.6 Å². The summed E-state index contributed by atoms with van der Waals surface area (Å²) < 4.78 is 121. The molecule has 0 aliphatic heterocycles. The largest absolute Gasteiger partial charge is 0.492 e. The number of anilines is 1. The average molecular weight is 593 g/mol. The lowest BCUT2D eigenvalue weighted by atomic mass is 9.66. The van der Waals surface area contributed by atoms with Gasteiger partial charge in [0.1, 0.15) is 10.7 Å². The molecule has 11 nitrogen and oxygen atoms in total. The number of hydrogen-bond acceptors (Lipinski definition) is 9. The van der Waals surface area contributed by atoms with Crippen LogP contribution < -0.4 is 5.73 Å². The van der Waals surface area contributed by atoms with Crippen LogP contribution in [-0.4, -0.2) is 49.9 Å². The fourth-order valence-electron chi connectivity index (χ4n) is 5.03. The number of hydrogen-bond donors (Lipinski definition) is 1. The van der Waals surface area contributed by atoms with Gasteiger partial charge in [-0.15, -0.1) is 0 Å². The molecule has 3 aliphatic rings. The molecule has 0 atom stereocenters. The quantitative estimate of drug-likeness (QED) is 0.346. The molecule has 40 heavy (non-hydrogen) atoms. The van der Waals surface area contributed by atoms with Crippen molar-refractivity contribution < 1.29 is 48.8 Å². The zero-order chi connectivity index (χ0) is 29.5. The summed E-state index contributed by atoms with van der Waals surface area (Å²) in [5.74, 6) is -7.19. The van der Waals surface area contributed by atoms with Gasteiger partial charge in [-0.05, 0) is 48.4 Å². The molecular formula is C21H14F7N7O4S. The maximum atomic E-state index is 14.9. The lowest BCUT2D eigenvalue weighted by Gasteiger charge is -2.47. The van der Waals surface area contributed by atoms with E-state index < -0.39 is 67.6 Å². The summed E-state index contributed by atoms with van der Waals surface area (Å²) in [6.45, 7) is 0. The van der Waals surface area contributed by atoms with Crippen molar-refractivity contribution in [2.75, 3.05) is 5.73 Å².